The lowest BCUT2D eigenvalue weighted by Crippen LogP contribution is -2.38. The van der Waals surface area contributed by atoms with E-state index in [-0.39, 0.29) is 12.1 Å². The van der Waals surface area contributed by atoms with Crippen LogP contribution in [-0.2, 0) is 6.42 Å². The van der Waals surface area contributed by atoms with Crippen LogP contribution in [0.3, 0.4) is 0 Å². The van der Waals surface area contributed by atoms with Crippen LogP contribution in [0.25, 0.3) is 0 Å². The van der Waals surface area contributed by atoms with Crippen molar-refractivity contribution in [3.63, 3.8) is 0 Å². The van der Waals surface area contributed by atoms with Crippen LogP contribution in [0.2, 0.25) is 0 Å². The van der Waals surface area contributed by atoms with Gasteiger partial charge in [-0.3, -0.25) is 0 Å². The predicted octanol–water partition coefficient (Wildman–Crippen LogP) is 2.27. The Hall–Kier alpha value is -1.97. The van der Waals surface area contributed by atoms with Crippen molar-refractivity contribution in [2.75, 3.05) is 0 Å². The smallest absolute Gasteiger partial charge is 0.0921 e. The molecule has 0 amide bonds. The standard InChI is InChI=1S/C15H22N4/c1-10(2)15(7-13-8-16-9-17-13)19-12(4)14-6-5-11(3)18-14/h8-9,14-15,18-19H,1,3-7H2,2H3,(H,16,17). The van der Waals surface area contributed by atoms with E-state index in [1.54, 1.807) is 6.33 Å². The monoisotopic (exact) mass is 258 g/mol. The number of imidazole rings is 1. The zero-order valence-corrected chi connectivity index (χ0v) is 11.5. The average molecular weight is 258 g/mol. The van der Waals surface area contributed by atoms with Crippen LogP contribution in [0.1, 0.15) is 25.5 Å². The minimum atomic E-state index is 0.170. The highest BCUT2D eigenvalue weighted by atomic mass is 15.0. The van der Waals surface area contributed by atoms with Gasteiger partial charge in [0.15, 0.2) is 0 Å². The zero-order chi connectivity index (χ0) is 13.8. The number of allylic oxidation sites excluding steroid dienone is 1. The van der Waals surface area contributed by atoms with E-state index in [9.17, 15) is 0 Å². The van der Waals surface area contributed by atoms with Gasteiger partial charge in [-0.15, -0.1) is 0 Å². The number of nitrogens with one attached hydrogen (secondary N) is 3. The van der Waals surface area contributed by atoms with Gasteiger partial charge in [-0.05, 0) is 19.8 Å². The molecule has 2 unspecified atom stereocenters. The third-order valence-corrected chi connectivity index (χ3v) is 3.47. The van der Waals surface area contributed by atoms with Crippen molar-refractivity contribution >= 4 is 0 Å². The van der Waals surface area contributed by atoms with E-state index < -0.39 is 0 Å². The van der Waals surface area contributed by atoms with E-state index in [1.165, 1.54) is 0 Å². The van der Waals surface area contributed by atoms with Crippen molar-refractivity contribution in [3.8, 4) is 0 Å². The summed E-state index contributed by atoms with van der Waals surface area (Å²) in [4.78, 5) is 7.16. The molecule has 3 N–H and O–H groups in total. The first-order valence-electron chi connectivity index (χ1n) is 6.58. The molecular weight excluding hydrogens is 236 g/mol. The fourth-order valence-corrected chi connectivity index (χ4v) is 2.26. The van der Waals surface area contributed by atoms with E-state index in [0.717, 1.165) is 41.9 Å². The summed E-state index contributed by atoms with van der Waals surface area (Å²) < 4.78 is 0. The Morgan fingerprint density at radius 2 is 2.37 bits per heavy atom. The van der Waals surface area contributed by atoms with Crippen molar-refractivity contribution in [1.29, 1.82) is 0 Å². The van der Waals surface area contributed by atoms with E-state index in [2.05, 4.69) is 40.3 Å². The highest BCUT2D eigenvalue weighted by Crippen LogP contribution is 2.19. The maximum atomic E-state index is 4.14. The van der Waals surface area contributed by atoms with Crippen LogP contribution in [0, 0.1) is 0 Å². The lowest BCUT2D eigenvalue weighted by molar-refractivity contribution is 0.565. The number of aromatic nitrogens is 2. The first-order chi connectivity index (χ1) is 9.06. The van der Waals surface area contributed by atoms with Gasteiger partial charge in [0, 0.05) is 29.7 Å². The number of rotatable bonds is 6. The number of nitrogens with zero attached hydrogens (tertiary/aromatic N) is 1. The predicted molar refractivity (Wildman–Crippen MR) is 78.5 cm³/mol. The molecule has 102 valence electrons. The molecule has 0 aromatic carbocycles. The summed E-state index contributed by atoms with van der Waals surface area (Å²) in [6.45, 7) is 14.2. The van der Waals surface area contributed by atoms with Gasteiger partial charge in [0.1, 0.15) is 0 Å². The molecule has 4 nitrogen and oxygen atoms in total. The highest BCUT2D eigenvalue weighted by Gasteiger charge is 2.22. The summed E-state index contributed by atoms with van der Waals surface area (Å²) in [5.74, 6) is 0. The third kappa shape index (κ3) is 3.50. The largest absolute Gasteiger partial charge is 0.381 e. The first-order valence-corrected chi connectivity index (χ1v) is 6.58. The van der Waals surface area contributed by atoms with Crippen molar-refractivity contribution in [2.24, 2.45) is 0 Å². The highest BCUT2D eigenvalue weighted by molar-refractivity contribution is 5.19. The first kappa shape index (κ1) is 13.5. The average Bonchev–Trinajstić information content (AvgIpc) is 2.99. The van der Waals surface area contributed by atoms with Crippen LogP contribution < -0.4 is 10.6 Å². The van der Waals surface area contributed by atoms with Gasteiger partial charge in [0.25, 0.3) is 0 Å². The second-order valence-electron chi connectivity index (χ2n) is 5.19. The zero-order valence-electron chi connectivity index (χ0n) is 11.5. The van der Waals surface area contributed by atoms with Crippen molar-refractivity contribution in [3.05, 3.63) is 54.9 Å². The number of hydrogen-bond acceptors (Lipinski definition) is 3. The molecule has 19 heavy (non-hydrogen) atoms. The summed E-state index contributed by atoms with van der Waals surface area (Å²) in [5.41, 5.74) is 4.28. The molecule has 1 fully saturated rings. The molecule has 1 saturated heterocycles. The van der Waals surface area contributed by atoms with Gasteiger partial charge in [0.2, 0.25) is 0 Å². The van der Waals surface area contributed by atoms with Crippen LogP contribution in [0.15, 0.2) is 49.2 Å². The minimum Gasteiger partial charge on any atom is -0.381 e. The minimum absolute atomic E-state index is 0.170. The van der Waals surface area contributed by atoms with Crippen LogP contribution in [0.5, 0.6) is 0 Å². The Balaban J connectivity index is 1.95. The summed E-state index contributed by atoms with van der Waals surface area (Å²) in [7, 11) is 0. The summed E-state index contributed by atoms with van der Waals surface area (Å²) >= 11 is 0. The third-order valence-electron chi connectivity index (χ3n) is 3.47. The molecule has 0 radical (unpaired) electrons. The molecule has 2 heterocycles. The van der Waals surface area contributed by atoms with Gasteiger partial charge in [-0.25, -0.2) is 4.98 Å². The Kier molecular flexibility index (Phi) is 4.10. The Labute approximate surface area is 114 Å². The summed E-state index contributed by atoms with van der Waals surface area (Å²) in [5, 5.41) is 6.82. The second-order valence-corrected chi connectivity index (χ2v) is 5.19. The quantitative estimate of drug-likeness (QED) is 0.686. The molecule has 1 aromatic heterocycles. The molecular formula is C15H22N4. The maximum absolute atomic E-state index is 4.14. The molecule has 1 aliphatic rings. The summed E-state index contributed by atoms with van der Waals surface area (Å²) in [6.07, 6.45) is 6.45. The molecule has 1 aromatic rings. The second kappa shape index (κ2) is 5.78. The van der Waals surface area contributed by atoms with Gasteiger partial charge in [-0.1, -0.05) is 25.3 Å². The maximum Gasteiger partial charge on any atom is 0.0921 e. The Morgan fingerprint density at radius 3 is 2.89 bits per heavy atom. The fraction of sp³-hybridized carbons (Fsp3) is 0.400. The lowest BCUT2D eigenvalue weighted by Gasteiger charge is -2.24. The number of aromatic amines is 1. The molecule has 0 aliphatic carbocycles. The van der Waals surface area contributed by atoms with E-state index in [0.29, 0.717) is 0 Å². The topological polar surface area (TPSA) is 52.7 Å². The van der Waals surface area contributed by atoms with Crippen LogP contribution >= 0.6 is 0 Å². The van der Waals surface area contributed by atoms with Gasteiger partial charge in [0.05, 0.1) is 18.4 Å². The van der Waals surface area contributed by atoms with Gasteiger partial charge in [-0.2, -0.15) is 0 Å². The Bertz CT molecular complexity index is 472. The molecule has 2 atom stereocenters. The van der Waals surface area contributed by atoms with Crippen molar-refractivity contribution in [2.45, 2.75) is 38.3 Å². The summed E-state index contributed by atoms with van der Waals surface area (Å²) in [6, 6.07) is 0.444. The number of hydrogen-bond donors (Lipinski definition) is 3. The molecule has 4 heteroatoms. The van der Waals surface area contributed by atoms with E-state index in [1.807, 2.05) is 13.1 Å². The molecule has 0 spiro atoms. The molecule has 2 rings (SSSR count). The van der Waals surface area contributed by atoms with E-state index in [4.69, 9.17) is 0 Å². The lowest BCUT2D eigenvalue weighted by atomic mass is 10.0. The SMILES string of the molecule is C=C1CCC(C(=C)NC(Cc2cnc[nH]2)C(=C)C)N1. The van der Waals surface area contributed by atoms with Gasteiger partial charge < -0.3 is 15.6 Å². The Morgan fingerprint density at radius 1 is 1.58 bits per heavy atom. The fourth-order valence-electron chi connectivity index (χ4n) is 2.26. The molecule has 1 aliphatic heterocycles. The van der Waals surface area contributed by atoms with E-state index >= 15 is 0 Å². The molecule has 0 saturated carbocycles. The van der Waals surface area contributed by atoms with Gasteiger partial charge >= 0.3 is 0 Å². The van der Waals surface area contributed by atoms with Crippen molar-refractivity contribution < 1.29 is 0 Å². The van der Waals surface area contributed by atoms with Crippen molar-refractivity contribution in [1.82, 2.24) is 20.6 Å². The molecule has 0 bridgehead atoms. The number of H-pyrrole nitrogens is 1. The van der Waals surface area contributed by atoms with Crippen LogP contribution in [-0.4, -0.2) is 22.1 Å². The van der Waals surface area contributed by atoms with Crippen LogP contribution in [0.4, 0.5) is 0 Å². The normalized spacial score (nSPS) is 19.8.